The van der Waals surface area contributed by atoms with Gasteiger partial charge in [0.15, 0.2) is 0 Å². The first-order valence-corrected chi connectivity index (χ1v) is 5.99. The van der Waals surface area contributed by atoms with Gasteiger partial charge in [-0.1, -0.05) is 0 Å². The number of amides is 1. The van der Waals surface area contributed by atoms with Crippen LogP contribution in [0, 0.1) is 5.92 Å². The van der Waals surface area contributed by atoms with Gasteiger partial charge >= 0.3 is 0 Å². The number of hydrogen-bond acceptors (Lipinski definition) is 3. The van der Waals surface area contributed by atoms with E-state index in [1.165, 1.54) is 0 Å². The molecular formula is C12H24N2O2. The topological polar surface area (TPSA) is 55.6 Å². The van der Waals surface area contributed by atoms with E-state index in [0.717, 1.165) is 32.6 Å². The van der Waals surface area contributed by atoms with Crippen LogP contribution in [-0.4, -0.2) is 43.2 Å². The molecule has 0 radical (unpaired) electrons. The van der Waals surface area contributed by atoms with Crippen molar-refractivity contribution in [3.63, 3.8) is 0 Å². The molecule has 1 saturated heterocycles. The summed E-state index contributed by atoms with van der Waals surface area (Å²) in [4.78, 5) is 13.7. The van der Waals surface area contributed by atoms with Crippen LogP contribution >= 0.6 is 0 Å². The molecule has 0 saturated carbocycles. The Balaban J connectivity index is 2.33. The van der Waals surface area contributed by atoms with Crippen molar-refractivity contribution in [2.24, 2.45) is 11.7 Å². The highest BCUT2D eigenvalue weighted by molar-refractivity contribution is 5.77. The van der Waals surface area contributed by atoms with E-state index in [-0.39, 0.29) is 5.91 Å². The van der Waals surface area contributed by atoms with E-state index >= 15 is 0 Å². The molecule has 4 heteroatoms. The van der Waals surface area contributed by atoms with E-state index in [1.807, 2.05) is 25.8 Å². The number of carbonyl (C=O) groups excluding carboxylic acids is 1. The van der Waals surface area contributed by atoms with Gasteiger partial charge < -0.3 is 15.4 Å². The lowest BCUT2D eigenvalue weighted by atomic mass is 9.98. The molecule has 0 spiro atoms. The molecule has 1 heterocycles. The number of nitrogens with zero attached hydrogens (tertiary/aromatic N) is 1. The van der Waals surface area contributed by atoms with Crippen molar-refractivity contribution in [2.45, 2.75) is 38.6 Å². The predicted molar refractivity (Wildman–Crippen MR) is 64.1 cm³/mol. The number of carbonyl (C=O) groups is 1. The van der Waals surface area contributed by atoms with Gasteiger partial charge in [-0.2, -0.15) is 0 Å². The third kappa shape index (κ3) is 4.94. The number of ether oxygens (including phenoxy) is 1. The van der Waals surface area contributed by atoms with Crippen molar-refractivity contribution in [3.8, 4) is 0 Å². The zero-order valence-corrected chi connectivity index (χ0v) is 10.7. The normalized spacial score (nSPS) is 18.5. The van der Waals surface area contributed by atoms with Crippen molar-refractivity contribution >= 4 is 5.91 Å². The van der Waals surface area contributed by atoms with Crippen LogP contribution in [0.2, 0.25) is 0 Å². The van der Waals surface area contributed by atoms with E-state index in [4.69, 9.17) is 10.5 Å². The minimum Gasteiger partial charge on any atom is -0.381 e. The Kier molecular flexibility index (Phi) is 4.74. The molecule has 1 rings (SSSR count). The second-order valence-corrected chi connectivity index (χ2v) is 5.50. The molecule has 94 valence electrons. The minimum atomic E-state index is -0.416. The fraction of sp³-hybridized carbons (Fsp3) is 0.917. The molecular weight excluding hydrogens is 204 g/mol. The van der Waals surface area contributed by atoms with Crippen molar-refractivity contribution < 1.29 is 9.53 Å². The van der Waals surface area contributed by atoms with Crippen LogP contribution in [0.25, 0.3) is 0 Å². The Labute approximate surface area is 98.1 Å². The van der Waals surface area contributed by atoms with E-state index < -0.39 is 5.54 Å². The van der Waals surface area contributed by atoms with Gasteiger partial charge in [0, 0.05) is 38.8 Å². The monoisotopic (exact) mass is 228 g/mol. The summed E-state index contributed by atoms with van der Waals surface area (Å²) in [5.74, 6) is 0.725. The molecule has 16 heavy (non-hydrogen) atoms. The van der Waals surface area contributed by atoms with Gasteiger partial charge in [-0.15, -0.1) is 0 Å². The van der Waals surface area contributed by atoms with E-state index in [9.17, 15) is 4.79 Å². The molecule has 1 aliphatic rings. The smallest absolute Gasteiger partial charge is 0.224 e. The lowest BCUT2D eigenvalue weighted by Gasteiger charge is -2.29. The lowest BCUT2D eigenvalue weighted by molar-refractivity contribution is -0.131. The van der Waals surface area contributed by atoms with Gasteiger partial charge in [0.2, 0.25) is 5.91 Å². The first-order chi connectivity index (χ1) is 7.38. The molecule has 2 N–H and O–H groups in total. The maximum Gasteiger partial charge on any atom is 0.224 e. The fourth-order valence-electron chi connectivity index (χ4n) is 1.94. The molecule has 0 unspecified atom stereocenters. The second kappa shape index (κ2) is 5.64. The van der Waals surface area contributed by atoms with Crippen molar-refractivity contribution in [3.05, 3.63) is 0 Å². The maximum absolute atomic E-state index is 11.8. The third-order valence-electron chi connectivity index (χ3n) is 2.91. The van der Waals surface area contributed by atoms with Crippen LogP contribution in [0.1, 0.15) is 33.1 Å². The molecule has 0 aromatic heterocycles. The molecule has 0 bridgehead atoms. The summed E-state index contributed by atoms with van der Waals surface area (Å²) in [7, 11) is 1.86. The average Bonchev–Trinajstić information content (AvgIpc) is 2.16. The summed E-state index contributed by atoms with van der Waals surface area (Å²) in [6, 6.07) is 0. The van der Waals surface area contributed by atoms with E-state index in [1.54, 1.807) is 0 Å². The number of nitrogens with two attached hydrogens (primary N) is 1. The fourth-order valence-corrected chi connectivity index (χ4v) is 1.94. The quantitative estimate of drug-likeness (QED) is 0.781. The summed E-state index contributed by atoms with van der Waals surface area (Å²) in [5, 5.41) is 0. The summed E-state index contributed by atoms with van der Waals surface area (Å²) < 4.78 is 5.30. The highest BCUT2D eigenvalue weighted by atomic mass is 16.5. The molecule has 1 aliphatic heterocycles. The van der Waals surface area contributed by atoms with Gasteiger partial charge in [0.05, 0.1) is 0 Å². The molecule has 1 fully saturated rings. The van der Waals surface area contributed by atoms with E-state index in [0.29, 0.717) is 12.3 Å². The summed E-state index contributed by atoms with van der Waals surface area (Å²) in [6.45, 7) is 6.25. The zero-order chi connectivity index (χ0) is 12.2. The minimum absolute atomic E-state index is 0.138. The molecule has 0 aromatic carbocycles. The van der Waals surface area contributed by atoms with E-state index in [2.05, 4.69) is 0 Å². The van der Waals surface area contributed by atoms with Crippen LogP contribution in [-0.2, 0) is 9.53 Å². The van der Waals surface area contributed by atoms with Crippen LogP contribution in [0.4, 0.5) is 0 Å². The Morgan fingerprint density at radius 1 is 1.44 bits per heavy atom. The second-order valence-electron chi connectivity index (χ2n) is 5.50. The summed E-state index contributed by atoms with van der Waals surface area (Å²) >= 11 is 0. The van der Waals surface area contributed by atoms with Gasteiger partial charge in [-0.3, -0.25) is 4.79 Å². The number of hydrogen-bond donors (Lipinski definition) is 1. The van der Waals surface area contributed by atoms with Gasteiger partial charge in [0.1, 0.15) is 0 Å². The molecule has 4 nitrogen and oxygen atoms in total. The third-order valence-corrected chi connectivity index (χ3v) is 2.91. The Morgan fingerprint density at radius 3 is 2.50 bits per heavy atom. The largest absolute Gasteiger partial charge is 0.381 e. The van der Waals surface area contributed by atoms with Crippen LogP contribution in [0.3, 0.4) is 0 Å². The van der Waals surface area contributed by atoms with Crippen LogP contribution in [0.15, 0.2) is 0 Å². The van der Waals surface area contributed by atoms with Crippen LogP contribution < -0.4 is 5.73 Å². The molecule has 0 aliphatic carbocycles. The molecule has 0 atom stereocenters. The summed E-state index contributed by atoms with van der Waals surface area (Å²) in [6.07, 6.45) is 2.53. The Hall–Kier alpha value is -0.610. The number of rotatable bonds is 4. The highest BCUT2D eigenvalue weighted by Crippen LogP contribution is 2.16. The van der Waals surface area contributed by atoms with Crippen molar-refractivity contribution in [2.75, 3.05) is 26.8 Å². The van der Waals surface area contributed by atoms with Gasteiger partial charge in [-0.25, -0.2) is 0 Å². The van der Waals surface area contributed by atoms with Crippen LogP contribution in [0.5, 0.6) is 0 Å². The lowest BCUT2D eigenvalue weighted by Crippen LogP contribution is -2.41. The molecule has 1 amide bonds. The predicted octanol–water partition coefficient (Wildman–Crippen LogP) is 0.999. The molecule has 0 aromatic rings. The van der Waals surface area contributed by atoms with Crippen molar-refractivity contribution in [1.29, 1.82) is 0 Å². The van der Waals surface area contributed by atoms with Gasteiger partial charge in [0.25, 0.3) is 0 Å². The average molecular weight is 228 g/mol. The summed E-state index contributed by atoms with van der Waals surface area (Å²) in [5.41, 5.74) is 5.42. The van der Waals surface area contributed by atoms with Crippen molar-refractivity contribution in [1.82, 2.24) is 4.90 Å². The standard InChI is InChI=1S/C12H24N2O2/c1-12(2,13)8-11(15)14(3)9-10-4-6-16-7-5-10/h10H,4-9,13H2,1-3H3. The Bertz CT molecular complexity index is 230. The maximum atomic E-state index is 11.8. The zero-order valence-electron chi connectivity index (χ0n) is 10.7. The first kappa shape index (κ1) is 13.5. The Morgan fingerprint density at radius 2 is 2.00 bits per heavy atom. The SMILES string of the molecule is CN(CC1CCOCC1)C(=O)CC(C)(C)N. The highest BCUT2D eigenvalue weighted by Gasteiger charge is 2.22. The van der Waals surface area contributed by atoms with Gasteiger partial charge in [-0.05, 0) is 32.6 Å². The first-order valence-electron chi connectivity index (χ1n) is 5.99.